The highest BCUT2D eigenvalue weighted by Crippen LogP contribution is 2.28. The molecular weight excluding hydrogens is 469 g/mol. The van der Waals surface area contributed by atoms with Gasteiger partial charge < -0.3 is 4.90 Å². The first-order valence-electron chi connectivity index (χ1n) is 9.83. The molecule has 3 aromatic rings. The Hall–Kier alpha value is -3.91. The van der Waals surface area contributed by atoms with Crippen molar-refractivity contribution in [1.29, 1.82) is 5.26 Å². The van der Waals surface area contributed by atoms with Crippen LogP contribution in [0, 0.1) is 11.3 Å². The topological polar surface area (TPSA) is 94.4 Å². The van der Waals surface area contributed by atoms with Gasteiger partial charge in [0.15, 0.2) is 0 Å². The van der Waals surface area contributed by atoms with E-state index in [4.69, 9.17) is 0 Å². The zero-order valence-electron chi connectivity index (χ0n) is 17.9. The van der Waals surface area contributed by atoms with E-state index in [9.17, 15) is 31.6 Å². The van der Waals surface area contributed by atoms with E-state index in [2.05, 4.69) is 4.98 Å². The van der Waals surface area contributed by atoms with Crippen LogP contribution in [0.15, 0.2) is 66.9 Å². The van der Waals surface area contributed by atoms with Crippen molar-refractivity contribution in [3.05, 3.63) is 89.2 Å². The third kappa shape index (κ3) is 5.90. The van der Waals surface area contributed by atoms with Crippen LogP contribution in [-0.2, 0) is 34.1 Å². The fourth-order valence-electron chi connectivity index (χ4n) is 3.20. The fourth-order valence-corrected chi connectivity index (χ4v) is 4.08. The molecule has 0 atom stereocenters. The SMILES string of the molecule is CS(=O)(=O)N(Cc1ccccc1C#N)c1ccc(N(C=O)Cc2ccc(C(F)(F)F)nc2)cc1. The highest BCUT2D eigenvalue weighted by Gasteiger charge is 2.32. The quantitative estimate of drug-likeness (QED) is 0.445. The minimum absolute atomic E-state index is 0.0285. The summed E-state index contributed by atoms with van der Waals surface area (Å²) in [5, 5.41) is 9.29. The number of aromatic nitrogens is 1. The lowest BCUT2D eigenvalue weighted by Gasteiger charge is -2.24. The second-order valence-electron chi connectivity index (χ2n) is 7.34. The summed E-state index contributed by atoms with van der Waals surface area (Å²) in [6.45, 7) is -0.0874. The number of hydrogen-bond donors (Lipinski definition) is 0. The van der Waals surface area contributed by atoms with Crippen LogP contribution >= 0.6 is 0 Å². The Kier molecular flexibility index (Phi) is 7.22. The Balaban J connectivity index is 1.83. The van der Waals surface area contributed by atoms with Crippen LogP contribution in [0.25, 0.3) is 0 Å². The molecule has 0 aliphatic carbocycles. The predicted octanol–water partition coefficient (Wildman–Crippen LogP) is 4.10. The van der Waals surface area contributed by atoms with E-state index in [0.717, 1.165) is 22.8 Å². The van der Waals surface area contributed by atoms with E-state index in [1.165, 1.54) is 35.2 Å². The highest BCUT2D eigenvalue weighted by molar-refractivity contribution is 7.92. The normalized spacial score (nSPS) is 11.5. The van der Waals surface area contributed by atoms with Crippen LogP contribution in [0.2, 0.25) is 0 Å². The molecule has 3 rings (SSSR count). The van der Waals surface area contributed by atoms with Crippen molar-refractivity contribution < 1.29 is 26.4 Å². The number of anilines is 2. The van der Waals surface area contributed by atoms with Crippen LogP contribution in [0.5, 0.6) is 0 Å². The second-order valence-corrected chi connectivity index (χ2v) is 9.24. The number of carbonyl (C=O) groups excluding carboxylic acids is 1. The van der Waals surface area contributed by atoms with Crippen molar-refractivity contribution >= 4 is 27.8 Å². The van der Waals surface area contributed by atoms with Gasteiger partial charge in [-0.2, -0.15) is 18.4 Å². The summed E-state index contributed by atoms with van der Waals surface area (Å²) in [7, 11) is -3.70. The number of rotatable bonds is 8. The number of amides is 1. The molecule has 0 unspecified atom stereocenters. The van der Waals surface area contributed by atoms with Crippen LogP contribution in [-0.4, -0.2) is 26.1 Å². The summed E-state index contributed by atoms with van der Waals surface area (Å²) in [4.78, 5) is 16.3. The molecule has 0 N–H and O–H groups in total. The summed E-state index contributed by atoms with van der Waals surface area (Å²) in [6.07, 6.45) is -1.95. The van der Waals surface area contributed by atoms with Gasteiger partial charge in [0.25, 0.3) is 0 Å². The molecule has 1 aromatic heterocycles. The molecule has 7 nitrogen and oxygen atoms in total. The highest BCUT2D eigenvalue weighted by atomic mass is 32.2. The third-order valence-corrected chi connectivity index (χ3v) is 6.06. The molecule has 0 aliphatic heterocycles. The molecule has 0 saturated carbocycles. The number of halogens is 3. The molecule has 0 spiro atoms. The minimum Gasteiger partial charge on any atom is -0.311 e. The predicted molar refractivity (Wildman–Crippen MR) is 120 cm³/mol. The Bertz CT molecular complexity index is 1300. The molecule has 2 aromatic carbocycles. The number of nitriles is 1. The van der Waals surface area contributed by atoms with Gasteiger partial charge in [-0.3, -0.25) is 14.1 Å². The minimum atomic E-state index is -4.56. The molecule has 0 aliphatic rings. The van der Waals surface area contributed by atoms with Crippen molar-refractivity contribution in [1.82, 2.24) is 4.98 Å². The Morgan fingerprint density at radius 3 is 2.18 bits per heavy atom. The van der Waals surface area contributed by atoms with Gasteiger partial charge in [-0.05, 0) is 47.5 Å². The van der Waals surface area contributed by atoms with Gasteiger partial charge >= 0.3 is 6.18 Å². The van der Waals surface area contributed by atoms with Crippen LogP contribution in [0.4, 0.5) is 24.5 Å². The molecule has 1 amide bonds. The van der Waals surface area contributed by atoms with E-state index in [-0.39, 0.29) is 13.1 Å². The van der Waals surface area contributed by atoms with Gasteiger partial charge in [0.1, 0.15) is 5.69 Å². The number of nitrogens with zero attached hydrogens (tertiary/aromatic N) is 4. The summed E-state index contributed by atoms with van der Waals surface area (Å²) >= 11 is 0. The number of sulfonamides is 1. The Morgan fingerprint density at radius 2 is 1.65 bits per heavy atom. The van der Waals surface area contributed by atoms with Crippen molar-refractivity contribution in [2.75, 3.05) is 15.5 Å². The largest absolute Gasteiger partial charge is 0.433 e. The lowest BCUT2D eigenvalue weighted by molar-refractivity contribution is -0.141. The summed E-state index contributed by atoms with van der Waals surface area (Å²) in [5.41, 5.74) is 0.964. The van der Waals surface area contributed by atoms with E-state index < -0.39 is 21.9 Å². The maximum atomic E-state index is 12.7. The average Bonchev–Trinajstić information content (AvgIpc) is 2.80. The average molecular weight is 488 g/mol. The van der Waals surface area contributed by atoms with E-state index in [0.29, 0.717) is 34.5 Å². The Morgan fingerprint density at radius 1 is 1.00 bits per heavy atom. The van der Waals surface area contributed by atoms with Crippen molar-refractivity contribution in [3.8, 4) is 6.07 Å². The first kappa shape index (κ1) is 24.7. The molecule has 0 saturated heterocycles. The zero-order chi connectivity index (χ0) is 24.9. The Labute approximate surface area is 194 Å². The van der Waals surface area contributed by atoms with Gasteiger partial charge in [0.05, 0.1) is 36.7 Å². The summed E-state index contributed by atoms with van der Waals surface area (Å²) < 4.78 is 64.1. The monoisotopic (exact) mass is 488 g/mol. The van der Waals surface area contributed by atoms with Gasteiger partial charge in [-0.25, -0.2) is 8.42 Å². The number of carbonyl (C=O) groups is 1. The van der Waals surface area contributed by atoms with Crippen molar-refractivity contribution in [2.45, 2.75) is 19.3 Å². The molecule has 34 heavy (non-hydrogen) atoms. The summed E-state index contributed by atoms with van der Waals surface area (Å²) in [5.74, 6) is 0. The number of pyridine rings is 1. The molecule has 11 heteroatoms. The van der Waals surface area contributed by atoms with Gasteiger partial charge in [-0.15, -0.1) is 0 Å². The maximum absolute atomic E-state index is 12.7. The number of alkyl halides is 3. The lowest BCUT2D eigenvalue weighted by atomic mass is 10.1. The lowest BCUT2D eigenvalue weighted by Crippen LogP contribution is -2.29. The van der Waals surface area contributed by atoms with Crippen LogP contribution in [0.3, 0.4) is 0 Å². The van der Waals surface area contributed by atoms with E-state index in [1.54, 1.807) is 24.3 Å². The first-order chi connectivity index (χ1) is 16.0. The van der Waals surface area contributed by atoms with Gasteiger partial charge in [0.2, 0.25) is 16.4 Å². The number of benzene rings is 2. The summed E-state index contributed by atoms with van der Waals surface area (Å²) in [6, 6.07) is 16.8. The molecule has 176 valence electrons. The molecular formula is C23H19F3N4O3S. The smallest absolute Gasteiger partial charge is 0.311 e. The second kappa shape index (κ2) is 9.93. The van der Waals surface area contributed by atoms with Gasteiger partial charge in [-0.1, -0.05) is 24.3 Å². The third-order valence-electron chi connectivity index (χ3n) is 4.92. The van der Waals surface area contributed by atoms with Gasteiger partial charge in [0, 0.05) is 11.9 Å². The zero-order valence-corrected chi connectivity index (χ0v) is 18.7. The molecule has 0 fully saturated rings. The van der Waals surface area contributed by atoms with E-state index in [1.807, 2.05) is 6.07 Å². The molecule has 1 heterocycles. The van der Waals surface area contributed by atoms with Crippen LogP contribution < -0.4 is 9.21 Å². The maximum Gasteiger partial charge on any atom is 0.433 e. The molecule has 0 radical (unpaired) electrons. The van der Waals surface area contributed by atoms with Crippen molar-refractivity contribution in [2.24, 2.45) is 0 Å². The standard InChI is InChI=1S/C23H19F3N4O3S/c1-34(32,33)30(15-19-5-3-2-4-18(19)12-27)21-9-7-20(8-10-21)29(16-31)14-17-6-11-22(28-13-17)23(24,25)26/h2-11,13,16H,14-15H2,1H3. The van der Waals surface area contributed by atoms with Crippen molar-refractivity contribution in [3.63, 3.8) is 0 Å². The van der Waals surface area contributed by atoms with E-state index >= 15 is 0 Å². The fraction of sp³-hybridized carbons (Fsp3) is 0.174. The first-order valence-corrected chi connectivity index (χ1v) is 11.7. The molecule has 0 bridgehead atoms. The van der Waals surface area contributed by atoms with Crippen LogP contribution in [0.1, 0.15) is 22.4 Å². The number of hydrogen-bond acceptors (Lipinski definition) is 5.